The number of hydrogen-bond acceptors (Lipinski definition) is 7. The summed E-state index contributed by atoms with van der Waals surface area (Å²) >= 11 is 0. The minimum atomic E-state index is -0.820. The van der Waals surface area contributed by atoms with Crippen LogP contribution in [-0.4, -0.2) is 22.9 Å². The molecule has 0 aliphatic carbocycles. The van der Waals surface area contributed by atoms with Crippen molar-refractivity contribution in [3.05, 3.63) is 98.1 Å². The molecule has 0 aromatic heterocycles. The van der Waals surface area contributed by atoms with E-state index in [-0.39, 0.29) is 11.3 Å². The monoisotopic (exact) mass is 423 g/mol. The van der Waals surface area contributed by atoms with E-state index in [0.29, 0.717) is 12.4 Å². The van der Waals surface area contributed by atoms with Gasteiger partial charge in [0, 0.05) is 17.7 Å². The van der Waals surface area contributed by atoms with Gasteiger partial charge in [-0.1, -0.05) is 36.4 Å². The Morgan fingerprint density at radius 3 is 2.16 bits per heavy atom. The maximum atomic E-state index is 12.6. The van der Waals surface area contributed by atoms with Gasteiger partial charge in [-0.15, -0.1) is 0 Å². The summed E-state index contributed by atoms with van der Waals surface area (Å²) in [6.07, 6.45) is 0. The number of methoxy groups -OCH3 is 1. The predicted molar refractivity (Wildman–Crippen MR) is 111 cm³/mol. The van der Waals surface area contributed by atoms with E-state index in [1.807, 2.05) is 30.3 Å². The molecule has 3 rings (SSSR count). The number of carbonyl (C=O) groups is 1. The SMILES string of the molecule is COc1c([N+](=O)[O-])cc(NC(=O)c2cccc(OCc3ccccc3)c2)cc1[N+](=O)[O-]. The summed E-state index contributed by atoms with van der Waals surface area (Å²) in [4.78, 5) is 33.5. The molecule has 0 radical (unpaired) electrons. The van der Waals surface area contributed by atoms with Gasteiger partial charge in [-0.3, -0.25) is 25.0 Å². The zero-order valence-electron chi connectivity index (χ0n) is 16.3. The van der Waals surface area contributed by atoms with E-state index >= 15 is 0 Å². The van der Waals surface area contributed by atoms with Crippen LogP contribution in [0.3, 0.4) is 0 Å². The summed E-state index contributed by atoms with van der Waals surface area (Å²) in [5.74, 6) is -0.661. The number of ether oxygens (including phenoxy) is 2. The highest BCUT2D eigenvalue weighted by Gasteiger charge is 2.28. The van der Waals surface area contributed by atoms with Gasteiger partial charge in [0.25, 0.3) is 11.7 Å². The molecule has 0 fully saturated rings. The summed E-state index contributed by atoms with van der Waals surface area (Å²) in [6, 6.07) is 17.8. The van der Waals surface area contributed by atoms with Crippen molar-refractivity contribution in [2.45, 2.75) is 6.61 Å². The zero-order valence-corrected chi connectivity index (χ0v) is 16.3. The second-order valence-corrected chi connectivity index (χ2v) is 6.32. The lowest BCUT2D eigenvalue weighted by atomic mass is 10.1. The number of nitrogens with zero attached hydrogens (tertiary/aromatic N) is 2. The fourth-order valence-corrected chi connectivity index (χ4v) is 2.82. The van der Waals surface area contributed by atoms with E-state index in [0.717, 1.165) is 24.8 Å². The van der Waals surface area contributed by atoms with Crippen LogP contribution in [0.1, 0.15) is 15.9 Å². The number of nitrogens with one attached hydrogen (secondary N) is 1. The number of benzene rings is 3. The molecule has 1 N–H and O–H groups in total. The summed E-state index contributed by atoms with van der Waals surface area (Å²) in [5, 5.41) is 25.0. The molecule has 10 nitrogen and oxygen atoms in total. The van der Waals surface area contributed by atoms with Gasteiger partial charge < -0.3 is 14.8 Å². The van der Waals surface area contributed by atoms with Crippen molar-refractivity contribution >= 4 is 23.0 Å². The van der Waals surface area contributed by atoms with Gasteiger partial charge in [0.1, 0.15) is 12.4 Å². The van der Waals surface area contributed by atoms with Gasteiger partial charge in [-0.25, -0.2) is 0 Å². The van der Waals surface area contributed by atoms with E-state index in [1.165, 1.54) is 12.1 Å². The highest BCUT2D eigenvalue weighted by molar-refractivity contribution is 6.05. The third-order valence-corrected chi connectivity index (χ3v) is 4.25. The minimum Gasteiger partial charge on any atom is -0.489 e. The maximum absolute atomic E-state index is 12.6. The first-order valence-electron chi connectivity index (χ1n) is 8.98. The summed E-state index contributed by atoms with van der Waals surface area (Å²) in [6.45, 7) is 0.308. The Bertz CT molecular complexity index is 1100. The van der Waals surface area contributed by atoms with Crippen LogP contribution in [0.15, 0.2) is 66.7 Å². The van der Waals surface area contributed by atoms with E-state index in [4.69, 9.17) is 9.47 Å². The smallest absolute Gasteiger partial charge is 0.320 e. The maximum Gasteiger partial charge on any atom is 0.320 e. The van der Waals surface area contributed by atoms with Crippen LogP contribution in [-0.2, 0) is 6.61 Å². The first-order chi connectivity index (χ1) is 14.9. The van der Waals surface area contributed by atoms with Crippen LogP contribution in [0.4, 0.5) is 17.1 Å². The third-order valence-electron chi connectivity index (χ3n) is 4.25. The van der Waals surface area contributed by atoms with E-state index in [9.17, 15) is 25.0 Å². The van der Waals surface area contributed by atoms with Crippen molar-refractivity contribution in [1.82, 2.24) is 0 Å². The first kappa shape index (κ1) is 21.2. The molecule has 0 aliphatic rings. The number of hydrogen-bond donors (Lipinski definition) is 1. The molecule has 0 saturated carbocycles. The minimum absolute atomic E-state index is 0.111. The van der Waals surface area contributed by atoms with Crippen LogP contribution in [0, 0.1) is 20.2 Å². The Morgan fingerprint density at radius 1 is 0.935 bits per heavy atom. The molecule has 0 aliphatic heterocycles. The quantitative estimate of drug-likeness (QED) is 0.421. The topological polar surface area (TPSA) is 134 Å². The number of carbonyl (C=O) groups excluding carboxylic acids is 1. The van der Waals surface area contributed by atoms with Gasteiger partial charge in [0.15, 0.2) is 0 Å². The molecular formula is C21H17N3O7. The number of nitro benzene ring substituents is 2. The lowest BCUT2D eigenvalue weighted by Crippen LogP contribution is -2.13. The van der Waals surface area contributed by atoms with Gasteiger partial charge in [-0.2, -0.15) is 0 Å². The van der Waals surface area contributed by atoms with E-state index < -0.39 is 32.9 Å². The van der Waals surface area contributed by atoms with Gasteiger partial charge >= 0.3 is 11.4 Å². The predicted octanol–water partition coefficient (Wildman–Crippen LogP) is 4.34. The van der Waals surface area contributed by atoms with Crippen LogP contribution in [0.25, 0.3) is 0 Å². The molecule has 158 valence electrons. The molecule has 0 bridgehead atoms. The summed E-state index contributed by atoms with van der Waals surface area (Å²) in [5.41, 5.74) is -0.208. The third kappa shape index (κ3) is 5.12. The largest absolute Gasteiger partial charge is 0.489 e. The highest BCUT2D eigenvalue weighted by Crippen LogP contribution is 2.39. The second-order valence-electron chi connectivity index (χ2n) is 6.32. The number of anilines is 1. The highest BCUT2D eigenvalue weighted by atomic mass is 16.6. The van der Waals surface area contributed by atoms with Gasteiger partial charge in [0.05, 0.1) is 22.6 Å². The van der Waals surface area contributed by atoms with E-state index in [2.05, 4.69) is 5.32 Å². The molecule has 0 heterocycles. The Balaban J connectivity index is 1.81. The molecule has 1 amide bonds. The van der Waals surface area contributed by atoms with Gasteiger partial charge in [0.2, 0.25) is 0 Å². The Kier molecular flexibility index (Phi) is 6.41. The van der Waals surface area contributed by atoms with Crippen molar-refractivity contribution in [3.63, 3.8) is 0 Å². The van der Waals surface area contributed by atoms with Crippen molar-refractivity contribution < 1.29 is 24.1 Å². The molecule has 0 spiro atoms. The lowest BCUT2D eigenvalue weighted by Gasteiger charge is -2.10. The van der Waals surface area contributed by atoms with Crippen LogP contribution < -0.4 is 14.8 Å². The van der Waals surface area contributed by atoms with Crippen molar-refractivity contribution in [2.75, 3.05) is 12.4 Å². The lowest BCUT2D eigenvalue weighted by molar-refractivity contribution is -0.395. The molecular weight excluding hydrogens is 406 g/mol. The van der Waals surface area contributed by atoms with Crippen LogP contribution in [0.2, 0.25) is 0 Å². The first-order valence-corrected chi connectivity index (χ1v) is 8.98. The molecule has 0 saturated heterocycles. The molecule has 0 unspecified atom stereocenters. The van der Waals surface area contributed by atoms with Crippen molar-refractivity contribution in [2.24, 2.45) is 0 Å². The van der Waals surface area contributed by atoms with Crippen LogP contribution in [0.5, 0.6) is 11.5 Å². The van der Waals surface area contributed by atoms with Crippen molar-refractivity contribution in [1.29, 1.82) is 0 Å². The number of nitro groups is 2. The molecule has 3 aromatic rings. The summed E-state index contributed by atoms with van der Waals surface area (Å²) in [7, 11) is 1.09. The van der Waals surface area contributed by atoms with Crippen molar-refractivity contribution in [3.8, 4) is 11.5 Å². The Labute approximate surface area is 176 Å². The number of rotatable bonds is 8. The fraction of sp³-hybridized carbons (Fsp3) is 0.0952. The molecule has 3 aromatic carbocycles. The summed E-state index contributed by atoms with van der Waals surface area (Å²) < 4.78 is 10.5. The standard InChI is InChI=1S/C21H17N3O7/c1-30-20-18(23(26)27)11-16(12-19(20)24(28)29)22-21(25)15-8-5-9-17(10-15)31-13-14-6-3-2-4-7-14/h2-12H,13H2,1H3,(H,22,25). The Hall–Kier alpha value is -4.47. The normalized spacial score (nSPS) is 10.2. The Morgan fingerprint density at radius 2 is 1.58 bits per heavy atom. The van der Waals surface area contributed by atoms with Crippen LogP contribution >= 0.6 is 0 Å². The molecule has 10 heteroatoms. The zero-order chi connectivity index (χ0) is 22.4. The second kappa shape index (κ2) is 9.35. The number of amides is 1. The molecule has 31 heavy (non-hydrogen) atoms. The molecule has 0 atom stereocenters. The van der Waals surface area contributed by atoms with Gasteiger partial charge in [-0.05, 0) is 23.8 Å². The fourth-order valence-electron chi connectivity index (χ4n) is 2.82. The average Bonchev–Trinajstić information content (AvgIpc) is 2.77. The average molecular weight is 423 g/mol. The van der Waals surface area contributed by atoms with E-state index in [1.54, 1.807) is 12.1 Å².